The molecule has 0 spiro atoms. The Morgan fingerprint density at radius 3 is 2.77 bits per heavy atom. The van der Waals surface area contributed by atoms with Crippen LogP contribution >= 0.6 is 0 Å². The van der Waals surface area contributed by atoms with E-state index in [1.165, 1.54) is 6.07 Å². The van der Waals surface area contributed by atoms with Crippen LogP contribution < -0.4 is 10.1 Å². The third-order valence-electron chi connectivity index (χ3n) is 5.11. The minimum atomic E-state index is -0.412. The first-order valence-corrected chi connectivity index (χ1v) is 10.6. The lowest BCUT2D eigenvalue weighted by Crippen LogP contribution is -2.46. The molecule has 0 unspecified atom stereocenters. The highest BCUT2D eigenvalue weighted by atomic mass is 19.1. The zero-order chi connectivity index (χ0) is 21.9. The Hall–Kier alpha value is -2.71. The highest BCUT2D eigenvalue weighted by Gasteiger charge is 2.21. The second kappa shape index (κ2) is 12.2. The fourth-order valence-corrected chi connectivity index (χ4v) is 3.47. The predicted molar refractivity (Wildman–Crippen MR) is 118 cm³/mol. The van der Waals surface area contributed by atoms with Gasteiger partial charge in [0, 0.05) is 53.2 Å². The summed E-state index contributed by atoms with van der Waals surface area (Å²) >= 11 is 0. The Balaban J connectivity index is 1.46. The van der Waals surface area contributed by atoms with Crippen LogP contribution in [0, 0.1) is 5.82 Å². The molecule has 0 amide bonds. The Morgan fingerprint density at radius 1 is 1.26 bits per heavy atom. The Bertz CT molecular complexity index is 827. The van der Waals surface area contributed by atoms with Gasteiger partial charge in [-0.05, 0) is 49.1 Å². The second-order valence-electron chi connectivity index (χ2n) is 7.36. The molecule has 0 aliphatic carbocycles. The molecule has 0 bridgehead atoms. The fourth-order valence-electron chi connectivity index (χ4n) is 3.47. The number of methoxy groups -OCH3 is 1. The number of guanidine groups is 1. The fraction of sp³-hybridized carbons (Fsp3) is 0.478. The number of benzene rings is 1. The van der Waals surface area contributed by atoms with Gasteiger partial charge in [0.05, 0.1) is 12.3 Å². The summed E-state index contributed by atoms with van der Waals surface area (Å²) in [6.45, 7) is 3.69. The molecule has 0 saturated carbocycles. The van der Waals surface area contributed by atoms with Crippen LogP contribution in [0.4, 0.5) is 4.39 Å². The molecular formula is C23H31FN4O3. The van der Waals surface area contributed by atoms with Crippen LogP contribution in [-0.4, -0.2) is 62.4 Å². The largest absolute Gasteiger partial charge is 0.453 e. The van der Waals surface area contributed by atoms with Crippen molar-refractivity contribution in [2.24, 2.45) is 4.99 Å². The van der Waals surface area contributed by atoms with Crippen molar-refractivity contribution >= 4 is 5.96 Å². The van der Waals surface area contributed by atoms with E-state index in [2.05, 4.69) is 20.2 Å². The van der Waals surface area contributed by atoms with E-state index in [1.807, 2.05) is 6.07 Å². The number of piperidine rings is 1. The molecule has 0 radical (unpaired) electrons. The summed E-state index contributed by atoms with van der Waals surface area (Å²) in [5.74, 6) is 1.07. The number of likely N-dealkylation sites (tertiary alicyclic amines) is 1. The molecule has 1 aliphatic rings. The molecule has 2 aromatic rings. The molecule has 31 heavy (non-hydrogen) atoms. The van der Waals surface area contributed by atoms with E-state index in [4.69, 9.17) is 14.2 Å². The molecule has 3 rings (SSSR count). The number of pyridine rings is 1. The van der Waals surface area contributed by atoms with E-state index in [1.54, 1.807) is 44.8 Å². The van der Waals surface area contributed by atoms with Gasteiger partial charge in [-0.25, -0.2) is 4.39 Å². The van der Waals surface area contributed by atoms with E-state index in [-0.39, 0.29) is 11.9 Å². The topological polar surface area (TPSA) is 68.2 Å². The van der Waals surface area contributed by atoms with Crippen LogP contribution in [0.15, 0.2) is 47.7 Å². The summed E-state index contributed by atoms with van der Waals surface area (Å²) in [6, 6.07) is 8.43. The van der Waals surface area contributed by atoms with Crippen LogP contribution in [0.2, 0.25) is 0 Å². The molecule has 168 valence electrons. The molecule has 1 aromatic heterocycles. The van der Waals surface area contributed by atoms with Crippen molar-refractivity contribution in [1.29, 1.82) is 0 Å². The average molecular weight is 431 g/mol. The number of aromatic nitrogens is 1. The molecule has 1 aromatic carbocycles. The predicted octanol–water partition coefficient (Wildman–Crippen LogP) is 3.61. The summed E-state index contributed by atoms with van der Waals surface area (Å²) in [4.78, 5) is 10.6. The number of hydrogen-bond acceptors (Lipinski definition) is 5. The molecule has 8 heteroatoms. The number of halogens is 1. The molecule has 1 N–H and O–H groups in total. The van der Waals surface area contributed by atoms with Gasteiger partial charge in [0.15, 0.2) is 17.5 Å². The number of ether oxygens (including phenoxy) is 3. The molecule has 7 nitrogen and oxygen atoms in total. The maximum atomic E-state index is 14.5. The lowest BCUT2D eigenvalue weighted by Gasteiger charge is -2.34. The van der Waals surface area contributed by atoms with Gasteiger partial charge >= 0.3 is 0 Å². The minimum Gasteiger partial charge on any atom is -0.453 e. The average Bonchev–Trinajstić information content (AvgIpc) is 2.80. The van der Waals surface area contributed by atoms with Gasteiger partial charge in [0.1, 0.15) is 5.75 Å². The lowest BCUT2D eigenvalue weighted by molar-refractivity contribution is 0.00989. The van der Waals surface area contributed by atoms with Crippen LogP contribution in [0.5, 0.6) is 11.5 Å². The molecule has 2 heterocycles. The van der Waals surface area contributed by atoms with Crippen LogP contribution in [0.25, 0.3) is 0 Å². The van der Waals surface area contributed by atoms with Gasteiger partial charge in [0.25, 0.3) is 0 Å². The van der Waals surface area contributed by atoms with E-state index in [9.17, 15) is 4.39 Å². The third-order valence-corrected chi connectivity index (χ3v) is 5.11. The maximum Gasteiger partial charge on any atom is 0.193 e. The summed E-state index contributed by atoms with van der Waals surface area (Å²) < 4.78 is 31.0. The first kappa shape index (κ1) is 23.0. The van der Waals surface area contributed by atoms with Gasteiger partial charge in [-0.3, -0.25) is 9.98 Å². The highest BCUT2D eigenvalue weighted by molar-refractivity contribution is 5.80. The van der Waals surface area contributed by atoms with Gasteiger partial charge in [-0.2, -0.15) is 0 Å². The van der Waals surface area contributed by atoms with Crippen molar-refractivity contribution in [3.8, 4) is 11.5 Å². The summed E-state index contributed by atoms with van der Waals surface area (Å²) in [5.41, 5.74) is 0.813. The summed E-state index contributed by atoms with van der Waals surface area (Å²) in [6.07, 6.45) is 6.32. The molecular weight excluding hydrogens is 399 g/mol. The van der Waals surface area contributed by atoms with Crippen molar-refractivity contribution in [3.05, 3.63) is 54.1 Å². The van der Waals surface area contributed by atoms with Crippen molar-refractivity contribution < 1.29 is 18.6 Å². The lowest BCUT2D eigenvalue weighted by atomic mass is 10.1. The molecule has 1 aliphatic heterocycles. The quantitative estimate of drug-likeness (QED) is 0.372. The first-order valence-electron chi connectivity index (χ1n) is 10.6. The Labute approximate surface area is 183 Å². The third kappa shape index (κ3) is 7.18. The molecule has 0 atom stereocenters. The Kier molecular flexibility index (Phi) is 9.05. The highest BCUT2D eigenvalue weighted by Crippen LogP contribution is 2.24. The zero-order valence-corrected chi connectivity index (χ0v) is 18.2. The monoisotopic (exact) mass is 430 g/mol. The zero-order valence-electron chi connectivity index (χ0n) is 18.2. The van der Waals surface area contributed by atoms with Crippen molar-refractivity contribution in [2.45, 2.75) is 31.9 Å². The van der Waals surface area contributed by atoms with Crippen molar-refractivity contribution in [1.82, 2.24) is 15.2 Å². The normalized spacial score (nSPS) is 15.2. The molecule has 1 fully saturated rings. The van der Waals surface area contributed by atoms with Crippen molar-refractivity contribution in [2.75, 3.05) is 40.5 Å². The summed E-state index contributed by atoms with van der Waals surface area (Å²) in [7, 11) is 3.47. The van der Waals surface area contributed by atoms with Gasteiger partial charge in [0.2, 0.25) is 0 Å². The van der Waals surface area contributed by atoms with Crippen LogP contribution in [0.3, 0.4) is 0 Å². The Morgan fingerprint density at radius 2 is 2.10 bits per heavy atom. The van der Waals surface area contributed by atoms with Crippen molar-refractivity contribution in [3.63, 3.8) is 0 Å². The second-order valence-corrected chi connectivity index (χ2v) is 7.36. The summed E-state index contributed by atoms with van der Waals surface area (Å²) in [5, 5.41) is 3.33. The van der Waals surface area contributed by atoms with Crippen LogP contribution in [0.1, 0.15) is 24.8 Å². The van der Waals surface area contributed by atoms with E-state index in [0.717, 1.165) is 57.1 Å². The standard InChI is InChI=1S/C23H31FN4O3/c1-25-23(28-11-8-19(9-12-28)30-14-4-13-29-2)27-16-18-6-7-22(21(24)15-18)31-20-5-3-10-26-17-20/h3,5-7,10,15,17,19H,4,8-9,11-14,16H2,1-2H3,(H,25,27). The first-order chi connectivity index (χ1) is 15.2. The smallest absolute Gasteiger partial charge is 0.193 e. The van der Waals surface area contributed by atoms with Gasteiger partial charge < -0.3 is 24.4 Å². The van der Waals surface area contributed by atoms with E-state index >= 15 is 0 Å². The number of nitrogens with one attached hydrogen (secondary N) is 1. The van der Waals surface area contributed by atoms with E-state index in [0.29, 0.717) is 12.3 Å². The molecule has 1 saturated heterocycles. The van der Waals surface area contributed by atoms with Crippen LogP contribution in [-0.2, 0) is 16.0 Å². The SMILES string of the molecule is CN=C(NCc1ccc(Oc2cccnc2)c(F)c1)N1CCC(OCCCOC)CC1. The van der Waals surface area contributed by atoms with Gasteiger partial charge in [-0.15, -0.1) is 0 Å². The van der Waals surface area contributed by atoms with E-state index < -0.39 is 5.82 Å². The maximum absolute atomic E-state index is 14.5. The number of rotatable bonds is 9. The minimum absolute atomic E-state index is 0.175. The number of hydrogen-bond donors (Lipinski definition) is 1. The number of nitrogens with zero attached hydrogens (tertiary/aromatic N) is 3. The number of aliphatic imine (C=N–C) groups is 1. The van der Waals surface area contributed by atoms with Gasteiger partial charge in [-0.1, -0.05) is 6.07 Å².